The molecule has 4 nitrogen and oxygen atoms in total. The Labute approximate surface area is 131 Å². The summed E-state index contributed by atoms with van der Waals surface area (Å²) in [5, 5.41) is 3.33. The standard InChI is InChI=1S/C17H25FN2O2/c1-3-8-19-12-13-4-5-15(18)16(11-13)20-9-6-14(7-10-20)17(21)22-2/h4-5,11,14,19H,3,6-10,12H2,1-2H3. The van der Waals surface area contributed by atoms with E-state index in [1.165, 1.54) is 13.2 Å². The van der Waals surface area contributed by atoms with Crippen molar-refractivity contribution in [3.8, 4) is 0 Å². The summed E-state index contributed by atoms with van der Waals surface area (Å²) in [6.07, 6.45) is 2.50. The minimum absolute atomic E-state index is 0.0567. The molecule has 122 valence electrons. The number of nitrogens with zero attached hydrogens (tertiary/aromatic N) is 1. The molecule has 1 aromatic rings. The summed E-state index contributed by atoms with van der Waals surface area (Å²) in [5.74, 6) is -0.410. The molecule has 5 heteroatoms. The van der Waals surface area contributed by atoms with Gasteiger partial charge in [0, 0.05) is 19.6 Å². The normalized spacial score (nSPS) is 15.9. The van der Waals surface area contributed by atoms with Crippen LogP contribution in [0.2, 0.25) is 0 Å². The van der Waals surface area contributed by atoms with Gasteiger partial charge >= 0.3 is 5.97 Å². The van der Waals surface area contributed by atoms with Crippen LogP contribution in [0.1, 0.15) is 31.7 Å². The molecule has 1 fully saturated rings. The maximum atomic E-state index is 14.1. The van der Waals surface area contributed by atoms with Crippen molar-refractivity contribution >= 4 is 11.7 Å². The molecule has 0 radical (unpaired) electrons. The van der Waals surface area contributed by atoms with Crippen LogP contribution in [-0.2, 0) is 16.1 Å². The highest BCUT2D eigenvalue weighted by molar-refractivity contribution is 5.72. The number of benzene rings is 1. The van der Waals surface area contributed by atoms with Crippen molar-refractivity contribution in [2.75, 3.05) is 31.6 Å². The van der Waals surface area contributed by atoms with E-state index in [9.17, 15) is 9.18 Å². The van der Waals surface area contributed by atoms with Crippen LogP contribution in [0.3, 0.4) is 0 Å². The van der Waals surface area contributed by atoms with Gasteiger partial charge in [-0.3, -0.25) is 4.79 Å². The zero-order valence-corrected chi connectivity index (χ0v) is 13.4. The third-order valence-corrected chi connectivity index (χ3v) is 4.14. The van der Waals surface area contributed by atoms with Gasteiger partial charge in [0.05, 0.1) is 18.7 Å². The number of esters is 1. The maximum absolute atomic E-state index is 14.1. The Morgan fingerprint density at radius 2 is 2.14 bits per heavy atom. The number of methoxy groups -OCH3 is 1. The van der Waals surface area contributed by atoms with E-state index in [1.54, 1.807) is 0 Å². The van der Waals surface area contributed by atoms with Crippen LogP contribution < -0.4 is 10.2 Å². The quantitative estimate of drug-likeness (QED) is 0.648. The molecular weight excluding hydrogens is 283 g/mol. The van der Waals surface area contributed by atoms with E-state index in [-0.39, 0.29) is 17.7 Å². The van der Waals surface area contributed by atoms with E-state index in [1.807, 2.05) is 17.0 Å². The van der Waals surface area contributed by atoms with Gasteiger partial charge in [-0.15, -0.1) is 0 Å². The number of piperidine rings is 1. The minimum atomic E-state index is -0.198. The lowest BCUT2D eigenvalue weighted by Gasteiger charge is -2.32. The summed E-state index contributed by atoms with van der Waals surface area (Å²) >= 11 is 0. The monoisotopic (exact) mass is 308 g/mol. The number of carbonyl (C=O) groups is 1. The van der Waals surface area contributed by atoms with Crippen LogP contribution in [0.25, 0.3) is 0 Å². The Bertz CT molecular complexity index is 499. The molecule has 1 N–H and O–H groups in total. The molecule has 1 aliphatic rings. The van der Waals surface area contributed by atoms with E-state index in [4.69, 9.17) is 4.74 Å². The largest absolute Gasteiger partial charge is 0.469 e. The number of rotatable bonds is 6. The Hall–Kier alpha value is -1.62. The summed E-state index contributed by atoms with van der Waals surface area (Å²) in [5.41, 5.74) is 1.72. The summed E-state index contributed by atoms with van der Waals surface area (Å²) < 4.78 is 18.9. The highest BCUT2D eigenvalue weighted by atomic mass is 19.1. The Morgan fingerprint density at radius 3 is 2.77 bits per heavy atom. The number of ether oxygens (including phenoxy) is 1. The Balaban J connectivity index is 2.00. The van der Waals surface area contributed by atoms with Gasteiger partial charge in [0.2, 0.25) is 0 Å². The van der Waals surface area contributed by atoms with Gasteiger partial charge in [-0.1, -0.05) is 13.0 Å². The van der Waals surface area contributed by atoms with Crippen molar-refractivity contribution in [1.29, 1.82) is 0 Å². The Morgan fingerprint density at radius 1 is 1.41 bits per heavy atom. The topological polar surface area (TPSA) is 41.6 Å². The highest BCUT2D eigenvalue weighted by Crippen LogP contribution is 2.27. The lowest BCUT2D eigenvalue weighted by molar-refractivity contribution is -0.146. The number of hydrogen-bond acceptors (Lipinski definition) is 4. The predicted octanol–water partition coefficient (Wildman–Crippen LogP) is 2.71. The molecule has 0 atom stereocenters. The van der Waals surface area contributed by atoms with Crippen LogP contribution in [0, 0.1) is 11.7 Å². The first kappa shape index (κ1) is 16.7. The lowest BCUT2D eigenvalue weighted by Crippen LogP contribution is -2.37. The number of nitrogens with one attached hydrogen (secondary N) is 1. The lowest BCUT2D eigenvalue weighted by atomic mass is 9.96. The van der Waals surface area contributed by atoms with Crippen LogP contribution in [-0.4, -0.2) is 32.7 Å². The molecule has 2 rings (SSSR count). The van der Waals surface area contributed by atoms with Crippen LogP contribution in [0.4, 0.5) is 10.1 Å². The van der Waals surface area contributed by atoms with Crippen LogP contribution >= 0.6 is 0 Å². The smallest absolute Gasteiger partial charge is 0.308 e. The Kier molecular flexibility index (Phi) is 6.19. The molecular formula is C17H25FN2O2. The van der Waals surface area contributed by atoms with E-state index < -0.39 is 0 Å². The van der Waals surface area contributed by atoms with Gasteiger partial charge in [-0.25, -0.2) is 4.39 Å². The second-order valence-corrected chi connectivity index (χ2v) is 5.75. The van der Waals surface area contributed by atoms with E-state index >= 15 is 0 Å². The fourth-order valence-corrected chi connectivity index (χ4v) is 2.84. The van der Waals surface area contributed by atoms with Crippen molar-refractivity contribution < 1.29 is 13.9 Å². The van der Waals surface area contributed by atoms with E-state index in [0.717, 1.165) is 25.1 Å². The van der Waals surface area contributed by atoms with Gasteiger partial charge in [0.25, 0.3) is 0 Å². The van der Waals surface area contributed by atoms with Gasteiger partial charge in [-0.05, 0) is 43.5 Å². The number of hydrogen-bond donors (Lipinski definition) is 1. The van der Waals surface area contributed by atoms with Gasteiger partial charge in [0.15, 0.2) is 0 Å². The van der Waals surface area contributed by atoms with Crippen molar-refractivity contribution in [3.05, 3.63) is 29.6 Å². The zero-order chi connectivity index (χ0) is 15.9. The van der Waals surface area contributed by atoms with E-state index in [0.29, 0.717) is 31.6 Å². The first-order valence-corrected chi connectivity index (χ1v) is 7.97. The number of carbonyl (C=O) groups excluding carboxylic acids is 1. The number of halogens is 1. The molecule has 1 aliphatic heterocycles. The SMILES string of the molecule is CCCNCc1ccc(F)c(N2CCC(C(=O)OC)CC2)c1. The van der Waals surface area contributed by atoms with Crippen molar-refractivity contribution in [2.24, 2.45) is 5.92 Å². The first-order chi connectivity index (χ1) is 10.7. The molecule has 0 saturated carbocycles. The maximum Gasteiger partial charge on any atom is 0.308 e. The van der Waals surface area contributed by atoms with Gasteiger partial charge in [-0.2, -0.15) is 0 Å². The average molecular weight is 308 g/mol. The number of anilines is 1. The third kappa shape index (κ3) is 4.19. The summed E-state index contributed by atoms with van der Waals surface area (Å²) in [6.45, 7) is 5.19. The summed E-state index contributed by atoms with van der Waals surface area (Å²) in [4.78, 5) is 13.6. The highest BCUT2D eigenvalue weighted by Gasteiger charge is 2.26. The van der Waals surface area contributed by atoms with Crippen molar-refractivity contribution in [1.82, 2.24) is 5.32 Å². The van der Waals surface area contributed by atoms with E-state index in [2.05, 4.69) is 12.2 Å². The molecule has 1 heterocycles. The van der Waals surface area contributed by atoms with Gasteiger partial charge < -0.3 is 15.0 Å². The van der Waals surface area contributed by atoms with Crippen molar-refractivity contribution in [2.45, 2.75) is 32.7 Å². The molecule has 0 amide bonds. The van der Waals surface area contributed by atoms with Crippen molar-refractivity contribution in [3.63, 3.8) is 0 Å². The molecule has 0 unspecified atom stereocenters. The molecule has 22 heavy (non-hydrogen) atoms. The summed E-state index contributed by atoms with van der Waals surface area (Å²) in [6, 6.07) is 5.27. The fourth-order valence-electron chi connectivity index (χ4n) is 2.84. The predicted molar refractivity (Wildman–Crippen MR) is 85.4 cm³/mol. The molecule has 0 spiro atoms. The minimum Gasteiger partial charge on any atom is -0.469 e. The third-order valence-electron chi connectivity index (χ3n) is 4.14. The zero-order valence-electron chi connectivity index (χ0n) is 13.4. The molecule has 1 aromatic carbocycles. The second kappa shape index (κ2) is 8.13. The average Bonchev–Trinajstić information content (AvgIpc) is 2.56. The first-order valence-electron chi connectivity index (χ1n) is 7.97. The fraction of sp³-hybridized carbons (Fsp3) is 0.588. The molecule has 0 bridgehead atoms. The van der Waals surface area contributed by atoms with Crippen LogP contribution in [0.15, 0.2) is 18.2 Å². The molecule has 0 aliphatic carbocycles. The van der Waals surface area contributed by atoms with Crippen LogP contribution in [0.5, 0.6) is 0 Å². The summed E-state index contributed by atoms with van der Waals surface area (Å²) in [7, 11) is 1.42. The molecule has 1 saturated heterocycles. The molecule has 0 aromatic heterocycles. The van der Waals surface area contributed by atoms with Gasteiger partial charge in [0.1, 0.15) is 5.82 Å². The second-order valence-electron chi connectivity index (χ2n) is 5.75.